The molecular formula is C32H58ClN4O3+. The fourth-order valence-corrected chi connectivity index (χ4v) is 5.23. The van der Waals surface area contributed by atoms with Crippen molar-refractivity contribution >= 4 is 24.4 Å². The molecule has 3 N–H and O–H groups in total. The second kappa shape index (κ2) is 22.8. The Kier molecular flexibility index (Phi) is 20.6. The summed E-state index contributed by atoms with van der Waals surface area (Å²) in [6.45, 7) is 6.38. The Morgan fingerprint density at radius 1 is 0.800 bits per heavy atom. The molecule has 2 amide bonds. The summed E-state index contributed by atoms with van der Waals surface area (Å²) < 4.78 is 5.91. The predicted octanol–water partition coefficient (Wildman–Crippen LogP) is 7.29. The van der Waals surface area contributed by atoms with Gasteiger partial charge in [0.15, 0.2) is 0 Å². The molecule has 1 aromatic carbocycles. The van der Waals surface area contributed by atoms with E-state index in [1.807, 2.05) is 25.2 Å². The fraction of sp³-hybridized carbons (Fsp3) is 0.750. The first kappa shape index (κ1) is 36.2. The van der Waals surface area contributed by atoms with Gasteiger partial charge in [-0.05, 0) is 12.5 Å². The van der Waals surface area contributed by atoms with Crippen LogP contribution in [-0.2, 0) is 11.3 Å². The van der Waals surface area contributed by atoms with E-state index in [0.29, 0.717) is 16.7 Å². The molecule has 40 heavy (non-hydrogen) atoms. The van der Waals surface area contributed by atoms with Gasteiger partial charge in [0, 0.05) is 30.8 Å². The molecule has 1 saturated heterocycles. The Morgan fingerprint density at radius 2 is 1.30 bits per heavy atom. The quantitative estimate of drug-likeness (QED) is 0.105. The molecular weight excluding hydrogens is 524 g/mol. The molecule has 0 spiro atoms. The van der Waals surface area contributed by atoms with Gasteiger partial charge in [-0.1, -0.05) is 121 Å². The van der Waals surface area contributed by atoms with Gasteiger partial charge in [-0.25, -0.2) is 9.39 Å². The normalized spacial score (nSPS) is 14.2. The Hall–Kier alpha value is -1.83. The van der Waals surface area contributed by atoms with Gasteiger partial charge >= 0.3 is 6.09 Å². The smallest absolute Gasteiger partial charge is 0.442 e. The number of carbonyl (C=O) groups excluding carboxylic acids is 2. The SMILES string of the molecule is CCCCCCCCCCCCCCCCCCNC(=O)c1ccccc1COC(=O)N[N+]1(C)CCNCC1.Cl. The molecule has 8 heteroatoms. The maximum Gasteiger partial charge on any atom is 0.452 e. The molecule has 0 saturated carbocycles. The van der Waals surface area contributed by atoms with Crippen LogP contribution in [0.15, 0.2) is 24.3 Å². The van der Waals surface area contributed by atoms with Crippen molar-refractivity contribution in [1.82, 2.24) is 16.1 Å². The third-order valence-corrected chi connectivity index (χ3v) is 7.86. The molecule has 0 atom stereocenters. The summed E-state index contributed by atoms with van der Waals surface area (Å²) in [7, 11) is 1.99. The number of nitrogens with zero attached hydrogens (tertiary/aromatic N) is 1. The lowest BCUT2D eigenvalue weighted by Crippen LogP contribution is -2.64. The minimum Gasteiger partial charge on any atom is -0.442 e. The average Bonchev–Trinajstić information content (AvgIpc) is 2.93. The van der Waals surface area contributed by atoms with E-state index < -0.39 is 6.09 Å². The Morgan fingerprint density at radius 3 is 1.85 bits per heavy atom. The number of nitrogens with one attached hydrogen (secondary N) is 3. The summed E-state index contributed by atoms with van der Waals surface area (Å²) in [5, 5.41) is 6.33. The molecule has 0 aromatic heterocycles. The second-order valence-electron chi connectivity index (χ2n) is 11.5. The number of benzene rings is 1. The van der Waals surface area contributed by atoms with E-state index in [1.165, 1.54) is 89.9 Å². The van der Waals surface area contributed by atoms with Crippen molar-refractivity contribution in [3.63, 3.8) is 0 Å². The highest BCUT2D eigenvalue weighted by atomic mass is 35.5. The molecule has 2 rings (SSSR count). The maximum absolute atomic E-state index is 12.8. The lowest BCUT2D eigenvalue weighted by atomic mass is 10.0. The molecule has 1 fully saturated rings. The molecule has 1 heterocycles. The number of likely N-dealkylation sites (N-methyl/N-ethyl adjacent to an activating group) is 1. The van der Waals surface area contributed by atoms with Crippen LogP contribution in [0, 0.1) is 0 Å². The minimum absolute atomic E-state index is 0. The highest BCUT2D eigenvalue weighted by Gasteiger charge is 2.28. The van der Waals surface area contributed by atoms with Crippen molar-refractivity contribution in [3.05, 3.63) is 35.4 Å². The number of hydrogen-bond acceptors (Lipinski definition) is 4. The second-order valence-corrected chi connectivity index (χ2v) is 11.5. The zero-order chi connectivity index (χ0) is 28.0. The van der Waals surface area contributed by atoms with E-state index in [-0.39, 0.29) is 24.9 Å². The van der Waals surface area contributed by atoms with Gasteiger partial charge in [0.1, 0.15) is 19.7 Å². The van der Waals surface area contributed by atoms with Crippen LogP contribution in [0.5, 0.6) is 0 Å². The van der Waals surface area contributed by atoms with E-state index in [1.54, 1.807) is 6.07 Å². The predicted molar refractivity (Wildman–Crippen MR) is 168 cm³/mol. The molecule has 0 bridgehead atoms. The van der Waals surface area contributed by atoms with Crippen molar-refractivity contribution in [2.75, 3.05) is 39.8 Å². The van der Waals surface area contributed by atoms with Crippen molar-refractivity contribution < 1.29 is 18.9 Å². The number of quaternary nitrogens is 1. The monoisotopic (exact) mass is 581 g/mol. The largest absolute Gasteiger partial charge is 0.452 e. The number of carbonyl (C=O) groups is 2. The van der Waals surface area contributed by atoms with Gasteiger partial charge in [0.2, 0.25) is 0 Å². The Bertz CT molecular complexity index is 802. The third-order valence-electron chi connectivity index (χ3n) is 7.86. The highest BCUT2D eigenvalue weighted by Crippen LogP contribution is 2.14. The fourth-order valence-electron chi connectivity index (χ4n) is 5.23. The molecule has 1 aliphatic rings. The highest BCUT2D eigenvalue weighted by molar-refractivity contribution is 5.95. The van der Waals surface area contributed by atoms with E-state index in [0.717, 1.165) is 44.6 Å². The third kappa shape index (κ3) is 16.4. The molecule has 1 aliphatic heterocycles. The topological polar surface area (TPSA) is 79.5 Å². The lowest BCUT2D eigenvalue weighted by Gasteiger charge is -2.36. The van der Waals surface area contributed by atoms with Crippen LogP contribution in [0.4, 0.5) is 4.79 Å². The maximum atomic E-state index is 12.8. The molecule has 0 unspecified atom stereocenters. The standard InChI is InChI=1S/C32H56N4O3.ClH/c1-3-4-5-6-7-8-9-10-11-12-13-14-15-16-17-20-23-34-31(37)30-22-19-18-21-29(30)28-39-32(38)35-36(2)26-24-33-25-27-36;/h18-19,21-22,33H,3-17,20,23-28H2,1-2H3,(H-,34,35,37,38);1H/p+1. The van der Waals surface area contributed by atoms with Gasteiger partial charge in [-0.2, -0.15) is 5.43 Å². The first-order chi connectivity index (χ1) is 19.0. The van der Waals surface area contributed by atoms with Gasteiger partial charge in [-0.15, -0.1) is 12.4 Å². The zero-order valence-corrected chi connectivity index (χ0v) is 26.3. The lowest BCUT2D eigenvalue weighted by molar-refractivity contribution is -0.945. The molecule has 1 aromatic rings. The summed E-state index contributed by atoms with van der Waals surface area (Å²) in [5.41, 5.74) is 4.23. The number of piperazine rings is 1. The minimum atomic E-state index is -0.456. The molecule has 230 valence electrons. The van der Waals surface area contributed by atoms with Crippen LogP contribution in [0.25, 0.3) is 0 Å². The first-order valence-corrected chi connectivity index (χ1v) is 15.9. The van der Waals surface area contributed by atoms with Gasteiger partial charge < -0.3 is 15.4 Å². The summed E-state index contributed by atoms with van der Waals surface area (Å²) in [6.07, 6.45) is 21.0. The van der Waals surface area contributed by atoms with Crippen LogP contribution in [0.2, 0.25) is 0 Å². The van der Waals surface area contributed by atoms with Gasteiger partial charge in [0.05, 0.1) is 7.05 Å². The number of ether oxygens (including phenoxy) is 1. The summed E-state index contributed by atoms with van der Waals surface area (Å²) >= 11 is 0. The van der Waals surface area contributed by atoms with Crippen molar-refractivity contribution in [2.24, 2.45) is 0 Å². The first-order valence-electron chi connectivity index (χ1n) is 15.9. The van der Waals surface area contributed by atoms with Crippen LogP contribution >= 0.6 is 12.4 Å². The summed E-state index contributed by atoms with van der Waals surface area (Å²) in [4.78, 5) is 25.1. The Labute approximate surface area is 250 Å². The molecule has 7 nitrogen and oxygen atoms in total. The average molecular weight is 582 g/mol. The van der Waals surface area contributed by atoms with Crippen LogP contribution in [0.1, 0.15) is 126 Å². The number of hydrogen-bond donors (Lipinski definition) is 3. The van der Waals surface area contributed by atoms with Crippen LogP contribution in [0.3, 0.4) is 0 Å². The zero-order valence-electron chi connectivity index (χ0n) is 25.4. The number of amides is 2. The van der Waals surface area contributed by atoms with Crippen LogP contribution < -0.4 is 16.1 Å². The molecule has 0 aliphatic carbocycles. The number of rotatable bonds is 21. The van der Waals surface area contributed by atoms with Crippen molar-refractivity contribution in [3.8, 4) is 0 Å². The van der Waals surface area contributed by atoms with Crippen molar-refractivity contribution in [2.45, 2.75) is 116 Å². The van der Waals surface area contributed by atoms with E-state index in [4.69, 9.17) is 4.74 Å². The van der Waals surface area contributed by atoms with Gasteiger partial charge in [0.25, 0.3) is 5.91 Å². The van der Waals surface area contributed by atoms with Gasteiger partial charge in [-0.3, -0.25) is 4.79 Å². The number of halogens is 1. The summed E-state index contributed by atoms with van der Waals surface area (Å²) in [5.74, 6) is -0.100. The molecule has 0 radical (unpaired) electrons. The van der Waals surface area contributed by atoms with E-state index >= 15 is 0 Å². The van der Waals surface area contributed by atoms with E-state index in [9.17, 15) is 9.59 Å². The van der Waals surface area contributed by atoms with Crippen LogP contribution in [-0.4, -0.2) is 56.4 Å². The van der Waals surface area contributed by atoms with Crippen molar-refractivity contribution in [1.29, 1.82) is 0 Å². The van der Waals surface area contributed by atoms with E-state index in [2.05, 4.69) is 23.0 Å². The Balaban J connectivity index is 0.00000800. The number of unbranched alkanes of at least 4 members (excludes halogenated alkanes) is 15. The summed E-state index contributed by atoms with van der Waals surface area (Å²) in [6, 6.07) is 7.36.